The summed E-state index contributed by atoms with van der Waals surface area (Å²) in [7, 11) is 0. The Bertz CT molecular complexity index is 613. The molecule has 1 amide bonds. The van der Waals surface area contributed by atoms with Crippen LogP contribution in [0.15, 0.2) is 18.2 Å². The number of Topliss-reactive ketones (excluding diaryl/α,β-unsaturated/α-hetero) is 1. The molecule has 0 spiro atoms. The Morgan fingerprint density at radius 2 is 1.76 bits per heavy atom. The SMILES string of the molecule is O=C(CCC(=O)c1ccc2c(c1)OCCO2)NCCN1CCOCC1. The average Bonchev–Trinajstić information content (AvgIpc) is 2.66. The number of rotatable bonds is 7. The van der Waals surface area contributed by atoms with Gasteiger partial charge in [0.05, 0.1) is 13.2 Å². The van der Waals surface area contributed by atoms with Crippen LogP contribution in [-0.2, 0) is 9.53 Å². The number of morpholine rings is 1. The number of fused-ring (bicyclic) bond motifs is 1. The summed E-state index contributed by atoms with van der Waals surface area (Å²) in [5, 5.41) is 2.87. The molecule has 0 bridgehead atoms. The van der Waals surface area contributed by atoms with Crippen LogP contribution in [0.3, 0.4) is 0 Å². The number of ether oxygens (including phenoxy) is 3. The molecule has 0 atom stereocenters. The van der Waals surface area contributed by atoms with Crippen molar-refractivity contribution in [1.29, 1.82) is 0 Å². The van der Waals surface area contributed by atoms with Crippen molar-refractivity contribution in [2.75, 3.05) is 52.6 Å². The molecule has 1 aromatic carbocycles. The number of hydrogen-bond donors (Lipinski definition) is 1. The standard InChI is InChI=1S/C18H24N2O5/c21-15(14-1-3-16-17(13-14)25-12-11-24-16)2-4-18(22)19-5-6-20-7-9-23-10-8-20/h1,3,13H,2,4-12H2,(H,19,22). The second kappa shape index (κ2) is 8.82. The third-order valence-corrected chi connectivity index (χ3v) is 4.30. The van der Waals surface area contributed by atoms with Gasteiger partial charge in [-0.2, -0.15) is 0 Å². The maximum atomic E-state index is 12.3. The quantitative estimate of drug-likeness (QED) is 0.737. The Hall–Kier alpha value is -2.12. The fourth-order valence-corrected chi connectivity index (χ4v) is 2.85. The third-order valence-electron chi connectivity index (χ3n) is 4.30. The van der Waals surface area contributed by atoms with Crippen LogP contribution < -0.4 is 14.8 Å². The van der Waals surface area contributed by atoms with E-state index in [2.05, 4.69) is 10.2 Å². The van der Waals surface area contributed by atoms with Gasteiger partial charge < -0.3 is 19.5 Å². The molecular weight excluding hydrogens is 324 g/mol. The molecular formula is C18H24N2O5. The molecule has 1 fully saturated rings. The zero-order chi connectivity index (χ0) is 17.5. The van der Waals surface area contributed by atoms with Crippen LogP contribution in [0.2, 0.25) is 0 Å². The molecule has 0 aliphatic carbocycles. The van der Waals surface area contributed by atoms with Crippen LogP contribution in [0.4, 0.5) is 0 Å². The molecule has 2 aliphatic rings. The smallest absolute Gasteiger partial charge is 0.220 e. The van der Waals surface area contributed by atoms with E-state index in [0.29, 0.717) is 36.8 Å². The third kappa shape index (κ3) is 5.17. The Labute approximate surface area is 147 Å². The van der Waals surface area contributed by atoms with Gasteiger partial charge in [0.25, 0.3) is 0 Å². The molecule has 1 N–H and O–H groups in total. The first-order valence-electron chi connectivity index (χ1n) is 8.72. The van der Waals surface area contributed by atoms with E-state index in [-0.39, 0.29) is 24.5 Å². The highest BCUT2D eigenvalue weighted by Crippen LogP contribution is 2.31. The van der Waals surface area contributed by atoms with Gasteiger partial charge in [-0.3, -0.25) is 14.5 Å². The second-order valence-electron chi connectivity index (χ2n) is 6.09. The Morgan fingerprint density at radius 3 is 2.56 bits per heavy atom. The number of nitrogens with zero attached hydrogens (tertiary/aromatic N) is 1. The lowest BCUT2D eigenvalue weighted by atomic mass is 10.1. The Balaban J connectivity index is 1.38. The molecule has 2 aliphatic heterocycles. The summed E-state index contributed by atoms with van der Waals surface area (Å²) in [4.78, 5) is 26.4. The van der Waals surface area contributed by atoms with E-state index in [4.69, 9.17) is 14.2 Å². The van der Waals surface area contributed by atoms with Crippen molar-refractivity contribution in [2.45, 2.75) is 12.8 Å². The molecule has 7 nitrogen and oxygen atoms in total. The lowest BCUT2D eigenvalue weighted by Gasteiger charge is -2.26. The lowest BCUT2D eigenvalue weighted by molar-refractivity contribution is -0.121. The van der Waals surface area contributed by atoms with Crippen molar-refractivity contribution in [3.63, 3.8) is 0 Å². The molecule has 1 aromatic rings. The van der Waals surface area contributed by atoms with E-state index < -0.39 is 0 Å². The normalized spacial score (nSPS) is 17.1. The first-order valence-corrected chi connectivity index (χ1v) is 8.72. The number of hydrogen-bond acceptors (Lipinski definition) is 6. The topological polar surface area (TPSA) is 77.1 Å². The summed E-state index contributed by atoms with van der Waals surface area (Å²) in [6.45, 7) is 5.70. The van der Waals surface area contributed by atoms with Crippen LogP contribution in [0, 0.1) is 0 Å². The van der Waals surface area contributed by atoms with Crippen LogP contribution in [-0.4, -0.2) is 69.2 Å². The first-order chi connectivity index (χ1) is 12.2. The summed E-state index contributed by atoms with van der Waals surface area (Å²) in [6.07, 6.45) is 0.374. The van der Waals surface area contributed by atoms with Gasteiger partial charge in [0.2, 0.25) is 5.91 Å². The second-order valence-corrected chi connectivity index (χ2v) is 6.09. The summed E-state index contributed by atoms with van der Waals surface area (Å²) < 4.78 is 16.2. The fourth-order valence-electron chi connectivity index (χ4n) is 2.85. The van der Waals surface area contributed by atoms with Gasteiger partial charge in [-0.1, -0.05) is 0 Å². The van der Waals surface area contributed by atoms with Crippen molar-refractivity contribution in [3.8, 4) is 11.5 Å². The van der Waals surface area contributed by atoms with E-state index in [9.17, 15) is 9.59 Å². The molecule has 25 heavy (non-hydrogen) atoms. The van der Waals surface area contributed by atoms with Crippen molar-refractivity contribution in [3.05, 3.63) is 23.8 Å². The molecule has 3 rings (SSSR count). The molecule has 2 heterocycles. The Kier molecular flexibility index (Phi) is 6.25. The van der Waals surface area contributed by atoms with E-state index in [1.807, 2.05) is 0 Å². The van der Waals surface area contributed by atoms with E-state index >= 15 is 0 Å². The van der Waals surface area contributed by atoms with Crippen LogP contribution >= 0.6 is 0 Å². The Morgan fingerprint density at radius 1 is 1.00 bits per heavy atom. The minimum absolute atomic E-state index is 0.0692. The molecule has 1 saturated heterocycles. The highest BCUT2D eigenvalue weighted by atomic mass is 16.6. The first kappa shape index (κ1) is 17.7. The van der Waals surface area contributed by atoms with Gasteiger partial charge in [0.1, 0.15) is 13.2 Å². The van der Waals surface area contributed by atoms with E-state index in [1.165, 1.54) is 0 Å². The molecule has 0 aromatic heterocycles. The van der Waals surface area contributed by atoms with Crippen molar-refractivity contribution in [1.82, 2.24) is 10.2 Å². The van der Waals surface area contributed by atoms with Gasteiger partial charge in [-0.25, -0.2) is 0 Å². The highest BCUT2D eigenvalue weighted by Gasteiger charge is 2.16. The zero-order valence-electron chi connectivity index (χ0n) is 14.3. The van der Waals surface area contributed by atoms with Crippen molar-refractivity contribution >= 4 is 11.7 Å². The van der Waals surface area contributed by atoms with E-state index in [1.54, 1.807) is 18.2 Å². The van der Waals surface area contributed by atoms with Gasteiger partial charge >= 0.3 is 0 Å². The molecule has 0 radical (unpaired) electrons. The number of carbonyl (C=O) groups excluding carboxylic acids is 2. The summed E-state index contributed by atoms with van der Waals surface area (Å²) in [5.41, 5.74) is 0.547. The minimum atomic E-state index is -0.0980. The van der Waals surface area contributed by atoms with Gasteiger partial charge in [-0.05, 0) is 18.2 Å². The maximum absolute atomic E-state index is 12.3. The monoisotopic (exact) mass is 348 g/mol. The van der Waals surface area contributed by atoms with Crippen LogP contribution in [0.5, 0.6) is 11.5 Å². The van der Waals surface area contributed by atoms with Gasteiger partial charge in [0, 0.05) is 44.6 Å². The van der Waals surface area contributed by atoms with Gasteiger partial charge in [0.15, 0.2) is 17.3 Å². The van der Waals surface area contributed by atoms with Crippen molar-refractivity contribution in [2.24, 2.45) is 0 Å². The predicted octanol–water partition coefficient (Wildman–Crippen LogP) is 0.869. The minimum Gasteiger partial charge on any atom is -0.486 e. The highest BCUT2D eigenvalue weighted by molar-refractivity contribution is 5.98. The average molecular weight is 348 g/mol. The molecule has 0 unspecified atom stereocenters. The number of carbonyl (C=O) groups is 2. The number of amides is 1. The predicted molar refractivity (Wildman–Crippen MR) is 91.3 cm³/mol. The van der Waals surface area contributed by atoms with Gasteiger partial charge in [-0.15, -0.1) is 0 Å². The molecule has 136 valence electrons. The number of benzene rings is 1. The summed E-state index contributed by atoms with van der Waals surface area (Å²) in [5.74, 6) is 1.08. The largest absolute Gasteiger partial charge is 0.486 e. The molecule has 7 heteroatoms. The van der Waals surface area contributed by atoms with Crippen molar-refractivity contribution < 1.29 is 23.8 Å². The van der Waals surface area contributed by atoms with Crippen LogP contribution in [0.1, 0.15) is 23.2 Å². The van der Waals surface area contributed by atoms with Crippen LogP contribution in [0.25, 0.3) is 0 Å². The zero-order valence-corrected chi connectivity index (χ0v) is 14.3. The number of ketones is 1. The number of nitrogens with one attached hydrogen (secondary N) is 1. The maximum Gasteiger partial charge on any atom is 0.220 e. The lowest BCUT2D eigenvalue weighted by Crippen LogP contribution is -2.41. The summed E-state index contributed by atoms with van der Waals surface area (Å²) >= 11 is 0. The van der Waals surface area contributed by atoms with E-state index in [0.717, 1.165) is 32.8 Å². The molecule has 0 saturated carbocycles. The summed E-state index contributed by atoms with van der Waals surface area (Å²) in [6, 6.07) is 5.14. The fraction of sp³-hybridized carbons (Fsp3) is 0.556.